The highest BCUT2D eigenvalue weighted by Crippen LogP contribution is 2.12. The molecule has 0 rings (SSSR count). The van der Waals surface area contributed by atoms with Gasteiger partial charge < -0.3 is 5.21 Å². The Morgan fingerprint density at radius 3 is 1.47 bits per heavy atom. The van der Waals surface area contributed by atoms with Crippen LogP contribution in [0.5, 0.6) is 0 Å². The number of oxime groups is 1. The predicted molar refractivity (Wildman–Crippen MR) is 85.2 cm³/mol. The van der Waals surface area contributed by atoms with Crippen LogP contribution >= 0.6 is 0 Å². The molecule has 0 aromatic carbocycles. The fourth-order valence-electron chi connectivity index (χ4n) is 2.47. The van der Waals surface area contributed by atoms with Crippen molar-refractivity contribution >= 4 is 5.71 Å². The van der Waals surface area contributed by atoms with E-state index < -0.39 is 0 Å². The summed E-state index contributed by atoms with van der Waals surface area (Å²) in [6.07, 6.45) is 18.4. The topological polar surface area (TPSA) is 32.6 Å². The van der Waals surface area contributed by atoms with E-state index in [1.54, 1.807) is 0 Å². The molecule has 0 aromatic heterocycles. The number of hydrogen-bond acceptors (Lipinski definition) is 2. The molecule has 0 aliphatic heterocycles. The minimum atomic E-state index is 0.883. The SMILES string of the molecule is CCCCCCCCCCCCCCC(CC)=NO. The monoisotopic (exact) mass is 269 g/mol. The summed E-state index contributed by atoms with van der Waals surface area (Å²) in [6.45, 7) is 4.32. The first-order chi connectivity index (χ1) is 9.35. The molecule has 0 atom stereocenters. The van der Waals surface area contributed by atoms with Crippen LogP contribution < -0.4 is 0 Å². The lowest BCUT2D eigenvalue weighted by Crippen LogP contribution is -1.95. The molecule has 0 fully saturated rings. The highest BCUT2D eigenvalue weighted by molar-refractivity contribution is 5.83. The van der Waals surface area contributed by atoms with Gasteiger partial charge in [0, 0.05) is 0 Å². The summed E-state index contributed by atoms with van der Waals surface area (Å²) < 4.78 is 0. The van der Waals surface area contributed by atoms with Crippen LogP contribution in [0.1, 0.15) is 104 Å². The predicted octanol–water partition coefficient (Wildman–Crippen LogP) is 6.32. The van der Waals surface area contributed by atoms with Gasteiger partial charge in [-0.15, -0.1) is 0 Å². The Morgan fingerprint density at radius 1 is 0.684 bits per heavy atom. The van der Waals surface area contributed by atoms with Gasteiger partial charge in [0.15, 0.2) is 0 Å². The van der Waals surface area contributed by atoms with E-state index in [0.29, 0.717) is 0 Å². The van der Waals surface area contributed by atoms with Crippen molar-refractivity contribution in [1.29, 1.82) is 0 Å². The second kappa shape index (κ2) is 15.5. The van der Waals surface area contributed by atoms with Crippen LogP contribution in [0.3, 0.4) is 0 Å². The maximum Gasteiger partial charge on any atom is 0.0568 e. The maximum absolute atomic E-state index is 8.69. The van der Waals surface area contributed by atoms with Crippen molar-refractivity contribution in [3.8, 4) is 0 Å². The van der Waals surface area contributed by atoms with Gasteiger partial charge in [-0.05, 0) is 19.3 Å². The van der Waals surface area contributed by atoms with Crippen molar-refractivity contribution in [2.24, 2.45) is 5.16 Å². The quantitative estimate of drug-likeness (QED) is 0.170. The van der Waals surface area contributed by atoms with Crippen molar-refractivity contribution < 1.29 is 5.21 Å². The summed E-state index contributed by atoms with van der Waals surface area (Å²) in [5, 5.41) is 12.0. The molecule has 1 N–H and O–H groups in total. The molecule has 0 amide bonds. The van der Waals surface area contributed by atoms with Gasteiger partial charge in [-0.2, -0.15) is 0 Å². The van der Waals surface area contributed by atoms with Gasteiger partial charge in [0.05, 0.1) is 5.71 Å². The second-order valence-corrected chi connectivity index (χ2v) is 5.66. The van der Waals surface area contributed by atoms with E-state index in [1.165, 1.54) is 77.0 Å². The lowest BCUT2D eigenvalue weighted by molar-refractivity contribution is 0.316. The van der Waals surface area contributed by atoms with E-state index in [4.69, 9.17) is 5.21 Å². The minimum Gasteiger partial charge on any atom is -0.411 e. The summed E-state index contributed by atoms with van der Waals surface area (Å²) in [6, 6.07) is 0. The van der Waals surface area contributed by atoms with E-state index in [0.717, 1.165) is 18.6 Å². The first-order valence-electron chi connectivity index (χ1n) is 8.54. The Balaban J connectivity index is 3.07. The third kappa shape index (κ3) is 13.7. The van der Waals surface area contributed by atoms with E-state index in [2.05, 4.69) is 19.0 Å². The Morgan fingerprint density at radius 2 is 1.11 bits per heavy atom. The summed E-state index contributed by atoms with van der Waals surface area (Å²) in [4.78, 5) is 0. The fourth-order valence-corrected chi connectivity index (χ4v) is 2.47. The lowest BCUT2D eigenvalue weighted by atomic mass is 10.0. The molecule has 0 spiro atoms. The van der Waals surface area contributed by atoms with Crippen LogP contribution in [-0.2, 0) is 0 Å². The maximum atomic E-state index is 8.69. The molecular weight excluding hydrogens is 234 g/mol. The van der Waals surface area contributed by atoms with Gasteiger partial charge in [0.25, 0.3) is 0 Å². The van der Waals surface area contributed by atoms with Gasteiger partial charge in [-0.1, -0.05) is 89.6 Å². The van der Waals surface area contributed by atoms with Crippen LogP contribution in [0.4, 0.5) is 0 Å². The molecule has 114 valence electrons. The molecule has 0 radical (unpaired) electrons. The van der Waals surface area contributed by atoms with E-state index in [-0.39, 0.29) is 0 Å². The van der Waals surface area contributed by atoms with Crippen LogP contribution in [0.25, 0.3) is 0 Å². The van der Waals surface area contributed by atoms with Crippen LogP contribution in [-0.4, -0.2) is 10.9 Å². The summed E-state index contributed by atoms with van der Waals surface area (Å²) in [5.41, 5.74) is 0.951. The fraction of sp³-hybridized carbons (Fsp3) is 0.941. The summed E-state index contributed by atoms with van der Waals surface area (Å²) in [5.74, 6) is 0. The third-order valence-electron chi connectivity index (χ3n) is 3.87. The smallest absolute Gasteiger partial charge is 0.0568 e. The Bertz CT molecular complexity index is 201. The highest BCUT2D eigenvalue weighted by Gasteiger charge is 1.97. The number of nitrogens with zero attached hydrogens (tertiary/aromatic N) is 1. The van der Waals surface area contributed by atoms with Gasteiger partial charge in [-0.3, -0.25) is 0 Å². The van der Waals surface area contributed by atoms with Gasteiger partial charge in [-0.25, -0.2) is 0 Å². The molecule has 0 saturated carbocycles. The number of unbranched alkanes of at least 4 members (excludes halogenated alkanes) is 11. The molecule has 2 nitrogen and oxygen atoms in total. The van der Waals surface area contributed by atoms with E-state index in [1.807, 2.05) is 0 Å². The molecule has 2 heteroatoms. The average Bonchev–Trinajstić information content (AvgIpc) is 2.44. The van der Waals surface area contributed by atoms with E-state index in [9.17, 15) is 0 Å². The van der Waals surface area contributed by atoms with Crippen LogP contribution in [0.15, 0.2) is 5.16 Å². The van der Waals surface area contributed by atoms with Gasteiger partial charge >= 0.3 is 0 Å². The highest BCUT2D eigenvalue weighted by atomic mass is 16.4. The van der Waals surface area contributed by atoms with Crippen molar-refractivity contribution in [3.05, 3.63) is 0 Å². The van der Waals surface area contributed by atoms with Crippen LogP contribution in [0.2, 0.25) is 0 Å². The molecule has 0 saturated heterocycles. The van der Waals surface area contributed by atoms with Crippen molar-refractivity contribution in [1.82, 2.24) is 0 Å². The number of hydrogen-bond donors (Lipinski definition) is 1. The zero-order valence-electron chi connectivity index (χ0n) is 13.3. The number of rotatable bonds is 14. The third-order valence-corrected chi connectivity index (χ3v) is 3.87. The van der Waals surface area contributed by atoms with E-state index >= 15 is 0 Å². The average molecular weight is 269 g/mol. The molecule has 0 aromatic rings. The van der Waals surface area contributed by atoms with Crippen LogP contribution in [0, 0.1) is 0 Å². The minimum absolute atomic E-state index is 0.883. The molecule has 0 aliphatic carbocycles. The van der Waals surface area contributed by atoms with Gasteiger partial charge in [0.2, 0.25) is 0 Å². The zero-order chi connectivity index (χ0) is 14.2. The van der Waals surface area contributed by atoms with Gasteiger partial charge in [0.1, 0.15) is 0 Å². The zero-order valence-corrected chi connectivity index (χ0v) is 13.3. The normalized spacial score (nSPS) is 12.0. The van der Waals surface area contributed by atoms with Crippen molar-refractivity contribution in [2.45, 2.75) is 104 Å². The molecule has 0 aliphatic rings. The molecule has 0 heterocycles. The molecule has 0 bridgehead atoms. The summed E-state index contributed by atoms with van der Waals surface area (Å²) in [7, 11) is 0. The second-order valence-electron chi connectivity index (χ2n) is 5.66. The largest absolute Gasteiger partial charge is 0.411 e. The first kappa shape index (κ1) is 18.5. The summed E-state index contributed by atoms with van der Waals surface area (Å²) >= 11 is 0. The molecule has 0 unspecified atom stereocenters. The lowest BCUT2D eigenvalue weighted by Gasteiger charge is -2.03. The van der Waals surface area contributed by atoms with Crippen molar-refractivity contribution in [3.63, 3.8) is 0 Å². The Hall–Kier alpha value is -0.530. The standard InChI is InChI=1S/C17H35NO/c1-3-5-6-7-8-9-10-11-12-13-14-15-16-17(4-2)18-19/h19H,3-16H2,1-2H3. The molecule has 19 heavy (non-hydrogen) atoms. The molecular formula is C17H35NO. The first-order valence-corrected chi connectivity index (χ1v) is 8.54. The Labute approximate surface area is 120 Å². The Kier molecular flexibility index (Phi) is 15.1. The van der Waals surface area contributed by atoms with Crippen molar-refractivity contribution in [2.75, 3.05) is 0 Å².